The Morgan fingerprint density at radius 2 is 2.05 bits per heavy atom. The number of nitrogens with one attached hydrogen (secondary N) is 1. The van der Waals surface area contributed by atoms with E-state index in [1.807, 2.05) is 18.2 Å². The zero-order chi connectivity index (χ0) is 14.5. The molecule has 0 spiro atoms. The third kappa shape index (κ3) is 3.22. The summed E-state index contributed by atoms with van der Waals surface area (Å²) >= 11 is 6.06. The van der Waals surface area contributed by atoms with Crippen molar-refractivity contribution >= 4 is 23.2 Å². The molecule has 0 unspecified atom stereocenters. The van der Waals surface area contributed by atoms with Crippen molar-refractivity contribution in [1.29, 1.82) is 0 Å². The van der Waals surface area contributed by atoms with Gasteiger partial charge in [-0.2, -0.15) is 0 Å². The van der Waals surface area contributed by atoms with Crippen LogP contribution in [0.1, 0.15) is 15.9 Å². The van der Waals surface area contributed by atoms with E-state index in [9.17, 15) is 4.79 Å². The first-order valence-corrected chi connectivity index (χ1v) is 6.47. The summed E-state index contributed by atoms with van der Waals surface area (Å²) in [7, 11) is 1.57. The fraction of sp³-hybridized carbons (Fsp3) is 0.133. The predicted octanol–water partition coefficient (Wildman–Crippen LogP) is 2.86. The molecule has 2 aromatic carbocycles. The standard InChI is InChI=1S/C15H15ClN2O2/c1-18-15(19)10-6-7-13(17)14(8-10)20-9-11-4-2-3-5-12(11)16/h2-8H,9,17H2,1H3,(H,18,19). The summed E-state index contributed by atoms with van der Waals surface area (Å²) in [5, 5.41) is 3.19. The van der Waals surface area contributed by atoms with Crippen LogP contribution >= 0.6 is 11.6 Å². The molecule has 0 fully saturated rings. The van der Waals surface area contributed by atoms with E-state index < -0.39 is 0 Å². The van der Waals surface area contributed by atoms with Gasteiger partial charge in [0.15, 0.2) is 0 Å². The number of carbonyl (C=O) groups excluding carboxylic acids is 1. The van der Waals surface area contributed by atoms with Gasteiger partial charge in [0.25, 0.3) is 5.91 Å². The van der Waals surface area contributed by atoms with Gasteiger partial charge in [-0.3, -0.25) is 4.79 Å². The Morgan fingerprint density at radius 1 is 1.30 bits per heavy atom. The highest BCUT2D eigenvalue weighted by Crippen LogP contribution is 2.25. The number of nitrogens with two attached hydrogens (primary N) is 1. The molecular formula is C15H15ClN2O2. The highest BCUT2D eigenvalue weighted by atomic mass is 35.5. The van der Waals surface area contributed by atoms with Gasteiger partial charge >= 0.3 is 0 Å². The average molecular weight is 291 g/mol. The summed E-state index contributed by atoms with van der Waals surface area (Å²) in [6.45, 7) is 0.293. The molecule has 2 rings (SSSR count). The fourth-order valence-electron chi connectivity index (χ4n) is 1.72. The van der Waals surface area contributed by atoms with Gasteiger partial charge < -0.3 is 15.8 Å². The van der Waals surface area contributed by atoms with Crippen molar-refractivity contribution in [2.45, 2.75) is 6.61 Å². The summed E-state index contributed by atoms with van der Waals surface area (Å²) in [5.41, 5.74) is 7.68. The van der Waals surface area contributed by atoms with E-state index >= 15 is 0 Å². The number of ether oxygens (including phenoxy) is 1. The predicted molar refractivity (Wildman–Crippen MR) is 80.0 cm³/mol. The van der Waals surface area contributed by atoms with E-state index in [2.05, 4.69) is 5.32 Å². The summed E-state index contributed by atoms with van der Waals surface area (Å²) in [6, 6.07) is 12.3. The molecule has 0 saturated heterocycles. The lowest BCUT2D eigenvalue weighted by Crippen LogP contribution is -2.17. The minimum atomic E-state index is -0.187. The molecule has 0 aliphatic heterocycles. The normalized spacial score (nSPS) is 10.1. The van der Waals surface area contributed by atoms with Crippen molar-refractivity contribution in [1.82, 2.24) is 5.32 Å². The molecule has 104 valence electrons. The monoisotopic (exact) mass is 290 g/mol. The Hall–Kier alpha value is -2.20. The molecule has 1 amide bonds. The minimum absolute atomic E-state index is 0.187. The third-order valence-electron chi connectivity index (χ3n) is 2.84. The van der Waals surface area contributed by atoms with Crippen LogP contribution in [-0.4, -0.2) is 13.0 Å². The van der Waals surface area contributed by atoms with Gasteiger partial charge in [-0.25, -0.2) is 0 Å². The van der Waals surface area contributed by atoms with Crippen LogP contribution in [0.4, 0.5) is 5.69 Å². The highest BCUT2D eigenvalue weighted by Gasteiger charge is 2.08. The van der Waals surface area contributed by atoms with Gasteiger partial charge in [-0.05, 0) is 24.3 Å². The number of rotatable bonds is 4. The molecule has 0 aliphatic rings. The van der Waals surface area contributed by atoms with Crippen LogP contribution in [0.15, 0.2) is 42.5 Å². The number of amides is 1. The third-order valence-corrected chi connectivity index (χ3v) is 3.21. The van der Waals surface area contributed by atoms with Gasteiger partial charge in [-0.15, -0.1) is 0 Å². The van der Waals surface area contributed by atoms with Gasteiger partial charge in [0, 0.05) is 23.2 Å². The molecule has 0 heterocycles. The van der Waals surface area contributed by atoms with Gasteiger partial charge in [0.05, 0.1) is 5.69 Å². The van der Waals surface area contributed by atoms with Crippen molar-refractivity contribution < 1.29 is 9.53 Å². The van der Waals surface area contributed by atoms with E-state index in [4.69, 9.17) is 22.1 Å². The zero-order valence-corrected chi connectivity index (χ0v) is 11.8. The molecule has 5 heteroatoms. The van der Waals surface area contributed by atoms with E-state index in [1.54, 1.807) is 31.3 Å². The molecule has 0 bridgehead atoms. The largest absolute Gasteiger partial charge is 0.487 e. The second-order valence-electron chi connectivity index (χ2n) is 4.21. The Labute approximate surface area is 122 Å². The van der Waals surface area contributed by atoms with E-state index in [0.717, 1.165) is 5.56 Å². The molecule has 2 aromatic rings. The minimum Gasteiger partial charge on any atom is -0.487 e. The molecule has 0 radical (unpaired) electrons. The summed E-state index contributed by atoms with van der Waals surface area (Å²) in [4.78, 5) is 11.6. The van der Waals surface area contributed by atoms with Gasteiger partial charge in [-0.1, -0.05) is 29.8 Å². The number of halogens is 1. The van der Waals surface area contributed by atoms with Crippen LogP contribution in [0.2, 0.25) is 5.02 Å². The molecule has 0 saturated carbocycles. The van der Waals surface area contributed by atoms with E-state index in [-0.39, 0.29) is 5.91 Å². The van der Waals surface area contributed by atoms with Crippen molar-refractivity contribution in [3.05, 3.63) is 58.6 Å². The maximum Gasteiger partial charge on any atom is 0.251 e. The van der Waals surface area contributed by atoms with Crippen LogP contribution in [-0.2, 0) is 6.61 Å². The number of anilines is 1. The molecule has 20 heavy (non-hydrogen) atoms. The molecule has 0 aliphatic carbocycles. The van der Waals surface area contributed by atoms with Crippen molar-refractivity contribution in [2.24, 2.45) is 0 Å². The lowest BCUT2D eigenvalue weighted by Gasteiger charge is -2.11. The number of hydrogen-bond acceptors (Lipinski definition) is 3. The number of nitrogen functional groups attached to an aromatic ring is 1. The molecule has 0 atom stereocenters. The second kappa shape index (κ2) is 6.30. The lowest BCUT2D eigenvalue weighted by molar-refractivity contribution is 0.0962. The molecule has 3 N–H and O–H groups in total. The number of benzene rings is 2. The van der Waals surface area contributed by atoms with E-state index in [0.29, 0.717) is 28.6 Å². The summed E-state index contributed by atoms with van der Waals surface area (Å²) in [6.07, 6.45) is 0. The summed E-state index contributed by atoms with van der Waals surface area (Å²) < 4.78 is 5.65. The summed E-state index contributed by atoms with van der Waals surface area (Å²) in [5.74, 6) is 0.276. The van der Waals surface area contributed by atoms with Crippen molar-refractivity contribution in [2.75, 3.05) is 12.8 Å². The Morgan fingerprint density at radius 3 is 2.75 bits per heavy atom. The van der Waals surface area contributed by atoms with Crippen molar-refractivity contribution in [3.8, 4) is 5.75 Å². The first kappa shape index (κ1) is 14.2. The Kier molecular flexibility index (Phi) is 4.48. The molecule has 4 nitrogen and oxygen atoms in total. The molecular weight excluding hydrogens is 276 g/mol. The van der Waals surface area contributed by atoms with Crippen LogP contribution < -0.4 is 15.8 Å². The first-order valence-electron chi connectivity index (χ1n) is 6.09. The SMILES string of the molecule is CNC(=O)c1ccc(N)c(OCc2ccccc2Cl)c1. The smallest absolute Gasteiger partial charge is 0.251 e. The maximum absolute atomic E-state index is 11.6. The maximum atomic E-state index is 11.6. The van der Waals surface area contributed by atoms with E-state index in [1.165, 1.54) is 0 Å². The lowest BCUT2D eigenvalue weighted by atomic mass is 10.1. The molecule has 0 aromatic heterocycles. The number of hydrogen-bond donors (Lipinski definition) is 2. The average Bonchev–Trinajstić information content (AvgIpc) is 2.47. The number of carbonyl (C=O) groups is 1. The van der Waals surface area contributed by atoms with Crippen LogP contribution in [0.5, 0.6) is 5.75 Å². The van der Waals surface area contributed by atoms with Crippen molar-refractivity contribution in [3.63, 3.8) is 0 Å². The Balaban J connectivity index is 2.17. The fourth-order valence-corrected chi connectivity index (χ4v) is 1.91. The highest BCUT2D eigenvalue weighted by molar-refractivity contribution is 6.31. The zero-order valence-electron chi connectivity index (χ0n) is 11.0. The topological polar surface area (TPSA) is 64.4 Å². The van der Waals surface area contributed by atoms with Crippen LogP contribution in [0.3, 0.4) is 0 Å². The Bertz CT molecular complexity index is 629. The van der Waals surface area contributed by atoms with Crippen LogP contribution in [0, 0.1) is 0 Å². The quantitative estimate of drug-likeness (QED) is 0.851. The first-order chi connectivity index (χ1) is 9.61. The van der Waals surface area contributed by atoms with Crippen LogP contribution in [0.25, 0.3) is 0 Å². The second-order valence-corrected chi connectivity index (χ2v) is 4.62. The van der Waals surface area contributed by atoms with Gasteiger partial charge in [0.2, 0.25) is 0 Å². The van der Waals surface area contributed by atoms with Gasteiger partial charge in [0.1, 0.15) is 12.4 Å².